The first kappa shape index (κ1) is 21.5. The highest BCUT2D eigenvalue weighted by molar-refractivity contribution is 7.89. The number of hydrogen-bond donors (Lipinski definition) is 1. The van der Waals surface area contributed by atoms with Crippen molar-refractivity contribution in [2.75, 3.05) is 13.6 Å². The quantitative estimate of drug-likeness (QED) is 0.714. The zero-order chi connectivity index (χ0) is 20.9. The highest BCUT2D eigenvalue weighted by atomic mass is 32.2. The van der Waals surface area contributed by atoms with Crippen LogP contribution in [0.2, 0.25) is 0 Å². The van der Waals surface area contributed by atoms with Gasteiger partial charge in [-0.25, -0.2) is 12.7 Å². The van der Waals surface area contributed by atoms with Crippen LogP contribution in [-0.4, -0.2) is 32.2 Å². The number of nitrogens with one attached hydrogen (secondary N) is 1. The number of aryl methyl sites for hydroxylation is 2. The number of nitrogens with zero attached hydrogens (tertiary/aromatic N) is 1. The van der Waals surface area contributed by atoms with Crippen molar-refractivity contribution in [2.24, 2.45) is 0 Å². The molecule has 0 radical (unpaired) electrons. The number of carbonyl (C=O) groups is 1. The van der Waals surface area contributed by atoms with Crippen LogP contribution in [0.25, 0.3) is 0 Å². The Morgan fingerprint density at radius 3 is 2.48 bits per heavy atom. The van der Waals surface area contributed by atoms with Crippen LogP contribution < -0.4 is 5.32 Å². The van der Waals surface area contributed by atoms with Gasteiger partial charge < -0.3 is 5.32 Å². The summed E-state index contributed by atoms with van der Waals surface area (Å²) in [5.41, 5.74) is 3.96. The van der Waals surface area contributed by atoms with Crippen molar-refractivity contribution >= 4 is 15.9 Å². The average molecular weight is 415 g/mol. The molecule has 156 valence electrons. The Morgan fingerprint density at radius 1 is 1.07 bits per heavy atom. The van der Waals surface area contributed by atoms with E-state index < -0.39 is 10.0 Å². The molecule has 1 aliphatic rings. The standard InChI is InChI=1S/C23H30N2O3S/c1-18(20-15-14-19-9-6-7-10-21(19)17-20)24-23(26)13-8-16-25(2)29(27,28)22-11-4-3-5-12-22/h3-5,11-12,14-15,17-18H,6-10,13,16H2,1-2H3,(H,24,26)/t18-/m0/s1. The van der Waals surface area contributed by atoms with Gasteiger partial charge in [-0.15, -0.1) is 0 Å². The zero-order valence-corrected chi connectivity index (χ0v) is 18.0. The third kappa shape index (κ3) is 5.46. The van der Waals surface area contributed by atoms with Gasteiger partial charge in [-0.05, 0) is 67.9 Å². The lowest BCUT2D eigenvalue weighted by atomic mass is 9.89. The van der Waals surface area contributed by atoms with Crippen LogP contribution in [0, 0.1) is 0 Å². The van der Waals surface area contributed by atoms with Crippen LogP contribution in [0.5, 0.6) is 0 Å². The van der Waals surface area contributed by atoms with Gasteiger partial charge in [0.05, 0.1) is 10.9 Å². The van der Waals surface area contributed by atoms with Gasteiger partial charge in [-0.2, -0.15) is 0 Å². The van der Waals surface area contributed by atoms with E-state index in [0.717, 1.165) is 18.4 Å². The molecule has 0 aliphatic heterocycles. The summed E-state index contributed by atoms with van der Waals surface area (Å²) in [6, 6.07) is 14.8. The summed E-state index contributed by atoms with van der Waals surface area (Å²) < 4.78 is 26.3. The fourth-order valence-electron chi connectivity index (χ4n) is 3.77. The molecule has 6 heteroatoms. The first-order valence-electron chi connectivity index (χ1n) is 10.3. The lowest BCUT2D eigenvalue weighted by Crippen LogP contribution is -2.30. The smallest absolute Gasteiger partial charge is 0.242 e. The zero-order valence-electron chi connectivity index (χ0n) is 17.2. The fraction of sp³-hybridized carbons (Fsp3) is 0.435. The Morgan fingerprint density at radius 2 is 1.76 bits per heavy atom. The fourth-order valence-corrected chi connectivity index (χ4v) is 5.00. The van der Waals surface area contributed by atoms with E-state index in [1.807, 2.05) is 6.92 Å². The van der Waals surface area contributed by atoms with Crippen LogP contribution >= 0.6 is 0 Å². The summed E-state index contributed by atoms with van der Waals surface area (Å²) in [6.45, 7) is 2.30. The normalized spacial score (nSPS) is 15.0. The molecule has 5 nitrogen and oxygen atoms in total. The maximum atomic E-state index is 12.5. The van der Waals surface area contributed by atoms with Crippen LogP contribution in [0.1, 0.15) is 55.3 Å². The summed E-state index contributed by atoms with van der Waals surface area (Å²) in [5.74, 6) is -0.0549. The molecule has 2 aromatic carbocycles. The molecule has 0 bridgehead atoms. The van der Waals surface area contributed by atoms with Crippen molar-refractivity contribution in [2.45, 2.75) is 56.4 Å². The van der Waals surface area contributed by atoms with Crippen LogP contribution in [-0.2, 0) is 27.7 Å². The Balaban J connectivity index is 1.48. The molecule has 1 amide bonds. The SMILES string of the molecule is C[C@H](NC(=O)CCCN(C)S(=O)(=O)c1ccccc1)c1ccc2c(c1)CCCC2. The number of fused-ring (bicyclic) bond motifs is 1. The molecule has 0 fully saturated rings. The molecule has 0 unspecified atom stereocenters. The number of carbonyl (C=O) groups excluding carboxylic acids is 1. The second-order valence-corrected chi connectivity index (χ2v) is 9.81. The minimum Gasteiger partial charge on any atom is -0.350 e. The van der Waals surface area contributed by atoms with Crippen LogP contribution in [0.4, 0.5) is 0 Å². The second-order valence-electron chi connectivity index (χ2n) is 7.77. The number of rotatable bonds is 8. The lowest BCUT2D eigenvalue weighted by molar-refractivity contribution is -0.121. The molecule has 0 spiro atoms. The highest BCUT2D eigenvalue weighted by Crippen LogP contribution is 2.25. The second kappa shape index (κ2) is 9.55. The van der Waals surface area contributed by atoms with Crippen LogP contribution in [0.15, 0.2) is 53.4 Å². The van der Waals surface area contributed by atoms with E-state index in [-0.39, 0.29) is 16.8 Å². The predicted molar refractivity (Wildman–Crippen MR) is 115 cm³/mol. The topological polar surface area (TPSA) is 66.5 Å². The Kier molecular flexibility index (Phi) is 7.09. The molecule has 0 aromatic heterocycles. The summed E-state index contributed by atoms with van der Waals surface area (Å²) in [7, 11) is -1.96. The Bertz CT molecular complexity index is 942. The molecule has 0 saturated carbocycles. The third-order valence-electron chi connectivity index (χ3n) is 5.58. The van der Waals surface area contributed by atoms with Gasteiger partial charge in [-0.1, -0.05) is 36.4 Å². The predicted octanol–water partition coefficient (Wildman–Crippen LogP) is 3.84. The number of benzene rings is 2. The van der Waals surface area contributed by atoms with E-state index in [2.05, 4.69) is 23.5 Å². The summed E-state index contributed by atoms with van der Waals surface area (Å²) >= 11 is 0. The van der Waals surface area contributed by atoms with Crippen molar-refractivity contribution in [1.82, 2.24) is 9.62 Å². The lowest BCUT2D eigenvalue weighted by Gasteiger charge is -2.20. The number of amides is 1. The molecule has 29 heavy (non-hydrogen) atoms. The van der Waals surface area contributed by atoms with Gasteiger partial charge in [-0.3, -0.25) is 4.79 Å². The van der Waals surface area contributed by atoms with Gasteiger partial charge in [0.2, 0.25) is 15.9 Å². The maximum absolute atomic E-state index is 12.5. The molecule has 1 N–H and O–H groups in total. The van der Waals surface area contributed by atoms with E-state index in [1.165, 1.54) is 28.3 Å². The van der Waals surface area contributed by atoms with Gasteiger partial charge in [0.15, 0.2) is 0 Å². The summed E-state index contributed by atoms with van der Waals surface area (Å²) in [4.78, 5) is 12.6. The molecule has 1 atom stereocenters. The van der Waals surface area contributed by atoms with E-state index in [0.29, 0.717) is 19.4 Å². The van der Waals surface area contributed by atoms with Gasteiger partial charge in [0.1, 0.15) is 0 Å². The average Bonchev–Trinajstić information content (AvgIpc) is 2.73. The van der Waals surface area contributed by atoms with E-state index >= 15 is 0 Å². The van der Waals surface area contributed by atoms with Crippen molar-refractivity contribution in [3.63, 3.8) is 0 Å². The highest BCUT2D eigenvalue weighted by Gasteiger charge is 2.20. The number of hydrogen-bond acceptors (Lipinski definition) is 3. The van der Waals surface area contributed by atoms with Crippen LogP contribution in [0.3, 0.4) is 0 Å². The molecule has 3 rings (SSSR count). The Hall–Kier alpha value is -2.18. The monoisotopic (exact) mass is 414 g/mol. The molecule has 1 aliphatic carbocycles. The first-order chi connectivity index (χ1) is 13.9. The molecular weight excluding hydrogens is 384 g/mol. The summed E-state index contributed by atoms with van der Waals surface area (Å²) in [6.07, 6.45) is 5.53. The van der Waals surface area contributed by atoms with Crippen molar-refractivity contribution in [1.29, 1.82) is 0 Å². The van der Waals surface area contributed by atoms with Crippen molar-refractivity contribution in [3.8, 4) is 0 Å². The van der Waals surface area contributed by atoms with Crippen molar-refractivity contribution < 1.29 is 13.2 Å². The molecule has 0 saturated heterocycles. The first-order valence-corrected chi connectivity index (χ1v) is 11.7. The van der Waals surface area contributed by atoms with E-state index in [1.54, 1.807) is 37.4 Å². The molecule has 2 aromatic rings. The molecular formula is C23H30N2O3S. The summed E-state index contributed by atoms with van der Waals surface area (Å²) in [5, 5.41) is 3.04. The van der Waals surface area contributed by atoms with Crippen molar-refractivity contribution in [3.05, 3.63) is 65.2 Å². The third-order valence-corrected chi connectivity index (χ3v) is 7.45. The van der Waals surface area contributed by atoms with Gasteiger partial charge in [0.25, 0.3) is 0 Å². The number of sulfonamides is 1. The largest absolute Gasteiger partial charge is 0.350 e. The Labute approximate surface area is 174 Å². The van der Waals surface area contributed by atoms with Gasteiger partial charge >= 0.3 is 0 Å². The van der Waals surface area contributed by atoms with Gasteiger partial charge in [0, 0.05) is 20.0 Å². The van der Waals surface area contributed by atoms with E-state index in [4.69, 9.17) is 0 Å². The minimum absolute atomic E-state index is 0.0549. The maximum Gasteiger partial charge on any atom is 0.242 e. The molecule has 0 heterocycles. The minimum atomic E-state index is -3.51. The van der Waals surface area contributed by atoms with E-state index in [9.17, 15) is 13.2 Å².